The van der Waals surface area contributed by atoms with Crippen molar-refractivity contribution in [2.24, 2.45) is 0 Å². The third-order valence-corrected chi connectivity index (χ3v) is 5.45. The van der Waals surface area contributed by atoms with E-state index in [9.17, 15) is 4.79 Å². The van der Waals surface area contributed by atoms with E-state index >= 15 is 0 Å². The second kappa shape index (κ2) is 6.37. The predicted octanol–water partition coefficient (Wildman–Crippen LogP) is 2.75. The van der Waals surface area contributed by atoms with Crippen LogP contribution in [0.2, 0.25) is 0 Å². The summed E-state index contributed by atoms with van der Waals surface area (Å²) in [6.45, 7) is 2.82. The number of aromatic amines is 1. The molecule has 2 atom stereocenters. The monoisotopic (exact) mass is 366 g/mol. The van der Waals surface area contributed by atoms with Gasteiger partial charge in [-0.3, -0.25) is 0 Å². The second-order valence-electron chi connectivity index (χ2n) is 7.48. The fourth-order valence-electron chi connectivity index (χ4n) is 3.80. The molecule has 2 fully saturated rings. The number of alkyl carbamates (subject to hydrolysis) is 1. The highest BCUT2D eigenvalue weighted by molar-refractivity contribution is 6.08. The first kappa shape index (κ1) is 16.3. The Kier molecular flexibility index (Phi) is 3.84. The van der Waals surface area contributed by atoms with Gasteiger partial charge in [-0.05, 0) is 38.7 Å². The Bertz CT molecular complexity index is 998. The van der Waals surface area contributed by atoms with E-state index in [-0.39, 0.29) is 12.2 Å². The Morgan fingerprint density at radius 1 is 1.26 bits per heavy atom. The molecule has 1 saturated carbocycles. The third kappa shape index (κ3) is 3.05. The molecule has 2 N–H and O–H groups in total. The van der Waals surface area contributed by atoms with Gasteiger partial charge in [0.2, 0.25) is 0 Å². The summed E-state index contributed by atoms with van der Waals surface area (Å²) in [5.74, 6) is 0.882. The molecule has 2 aliphatic rings. The zero-order valence-corrected chi connectivity index (χ0v) is 15.2. The van der Waals surface area contributed by atoms with E-state index in [0.29, 0.717) is 24.3 Å². The summed E-state index contributed by atoms with van der Waals surface area (Å²) < 4.78 is 5.67. The third-order valence-electron chi connectivity index (χ3n) is 5.45. The van der Waals surface area contributed by atoms with E-state index in [1.54, 1.807) is 18.7 Å². The van der Waals surface area contributed by atoms with Crippen LogP contribution in [0.5, 0.6) is 0 Å². The number of H-pyrrole nitrogens is 1. The van der Waals surface area contributed by atoms with Crippen LogP contribution in [0.3, 0.4) is 0 Å². The quantitative estimate of drug-likeness (QED) is 0.740. The minimum absolute atomic E-state index is 0.142. The number of fused-ring (bicyclic) bond motifs is 3. The molecule has 5 rings (SSSR count). The van der Waals surface area contributed by atoms with Gasteiger partial charge in [0.15, 0.2) is 5.65 Å². The molecule has 3 aromatic heterocycles. The summed E-state index contributed by atoms with van der Waals surface area (Å²) in [7, 11) is 0. The van der Waals surface area contributed by atoms with Gasteiger partial charge >= 0.3 is 6.09 Å². The number of nitrogens with zero attached hydrogens (tertiary/aromatic N) is 4. The predicted molar refractivity (Wildman–Crippen MR) is 102 cm³/mol. The van der Waals surface area contributed by atoms with E-state index in [4.69, 9.17) is 4.74 Å². The van der Waals surface area contributed by atoms with Gasteiger partial charge in [-0.15, -0.1) is 0 Å². The van der Waals surface area contributed by atoms with Crippen molar-refractivity contribution >= 4 is 33.8 Å². The molecule has 0 radical (unpaired) electrons. The largest absolute Gasteiger partial charge is 0.444 e. The fourth-order valence-corrected chi connectivity index (χ4v) is 3.80. The number of hydrogen-bond acceptors (Lipinski definition) is 6. The van der Waals surface area contributed by atoms with Gasteiger partial charge < -0.3 is 19.9 Å². The minimum atomic E-state index is -0.303. The van der Waals surface area contributed by atoms with Crippen LogP contribution in [0.4, 0.5) is 10.6 Å². The standard InChI is InChI=1S/C19H22N6O2/c1-11-2-5-13(27-19(26)24-12-3-4-12)9-25(11)18-16-14-6-7-20-17(14)21-8-15(16)22-10-23-18/h6-8,10-13H,2-5,9H2,1H3,(H,22,23)(H,24,26). The molecule has 1 saturated heterocycles. The average Bonchev–Trinajstić information content (AvgIpc) is 3.34. The molecular weight excluding hydrogens is 344 g/mol. The Hall–Kier alpha value is -2.90. The van der Waals surface area contributed by atoms with E-state index in [1.165, 1.54) is 0 Å². The molecule has 140 valence electrons. The first-order valence-electron chi connectivity index (χ1n) is 9.49. The summed E-state index contributed by atoms with van der Waals surface area (Å²) in [4.78, 5) is 30.8. The molecule has 1 aliphatic heterocycles. The Labute approximate surface area is 156 Å². The molecule has 0 bridgehead atoms. The number of aromatic nitrogens is 4. The molecule has 3 aromatic rings. The Morgan fingerprint density at radius 3 is 3.00 bits per heavy atom. The number of piperidine rings is 1. The van der Waals surface area contributed by atoms with Gasteiger partial charge in [-0.25, -0.2) is 19.7 Å². The van der Waals surface area contributed by atoms with Crippen LogP contribution in [0, 0.1) is 0 Å². The maximum absolute atomic E-state index is 12.0. The Morgan fingerprint density at radius 2 is 2.15 bits per heavy atom. The van der Waals surface area contributed by atoms with Gasteiger partial charge in [0.05, 0.1) is 30.0 Å². The van der Waals surface area contributed by atoms with E-state index in [0.717, 1.165) is 47.8 Å². The summed E-state index contributed by atoms with van der Waals surface area (Å²) in [5, 5.41) is 4.89. The highest BCUT2D eigenvalue weighted by atomic mass is 16.6. The SMILES string of the molecule is CC1CCC(OC(=O)NC2CC2)CN1c1nc[nH]c2cnc3nccc3c12. The van der Waals surface area contributed by atoms with Gasteiger partial charge in [-0.1, -0.05) is 0 Å². The number of hydrogen-bond donors (Lipinski definition) is 2. The Balaban J connectivity index is 1.46. The number of rotatable bonds is 3. The zero-order valence-electron chi connectivity index (χ0n) is 15.2. The number of ether oxygens (including phenoxy) is 1. The van der Waals surface area contributed by atoms with Crippen LogP contribution < -0.4 is 10.2 Å². The van der Waals surface area contributed by atoms with Crippen LogP contribution in [0.15, 0.2) is 24.8 Å². The lowest BCUT2D eigenvalue weighted by molar-refractivity contribution is 0.0834. The molecule has 8 heteroatoms. The number of carbonyl (C=O) groups is 1. The van der Waals surface area contributed by atoms with Gasteiger partial charge in [0.25, 0.3) is 0 Å². The zero-order chi connectivity index (χ0) is 18.4. The molecule has 1 aliphatic carbocycles. The van der Waals surface area contributed by atoms with Crippen molar-refractivity contribution in [1.82, 2.24) is 25.3 Å². The second-order valence-corrected chi connectivity index (χ2v) is 7.48. The first-order chi connectivity index (χ1) is 13.2. The van der Waals surface area contributed by atoms with Crippen LogP contribution >= 0.6 is 0 Å². The summed E-state index contributed by atoms with van der Waals surface area (Å²) in [6.07, 6.45) is 8.72. The van der Waals surface area contributed by atoms with Crippen LogP contribution in [-0.4, -0.2) is 50.8 Å². The smallest absolute Gasteiger partial charge is 0.407 e. The number of anilines is 1. The average molecular weight is 366 g/mol. The fraction of sp³-hybridized carbons (Fsp3) is 0.474. The van der Waals surface area contributed by atoms with Crippen molar-refractivity contribution in [2.75, 3.05) is 11.4 Å². The number of amides is 1. The van der Waals surface area contributed by atoms with Gasteiger partial charge in [0, 0.05) is 23.7 Å². The lowest BCUT2D eigenvalue weighted by atomic mass is 10.0. The van der Waals surface area contributed by atoms with Crippen molar-refractivity contribution in [1.29, 1.82) is 0 Å². The summed E-state index contributed by atoms with van der Waals surface area (Å²) in [6, 6.07) is 2.58. The highest BCUT2D eigenvalue weighted by Crippen LogP contribution is 2.33. The minimum Gasteiger partial charge on any atom is -0.444 e. The van der Waals surface area contributed by atoms with Crippen molar-refractivity contribution in [2.45, 2.75) is 50.8 Å². The first-order valence-corrected chi connectivity index (χ1v) is 9.49. The van der Waals surface area contributed by atoms with Gasteiger partial charge in [0.1, 0.15) is 11.9 Å². The molecule has 2 unspecified atom stereocenters. The number of nitrogens with one attached hydrogen (secondary N) is 2. The van der Waals surface area contributed by atoms with E-state index in [2.05, 4.69) is 37.1 Å². The van der Waals surface area contributed by atoms with E-state index in [1.807, 2.05) is 6.07 Å². The number of carbonyl (C=O) groups excluding carboxylic acids is 1. The summed E-state index contributed by atoms with van der Waals surface area (Å²) >= 11 is 0. The maximum atomic E-state index is 12.0. The highest BCUT2D eigenvalue weighted by Gasteiger charge is 2.31. The molecule has 8 nitrogen and oxygen atoms in total. The van der Waals surface area contributed by atoms with Crippen LogP contribution in [-0.2, 0) is 4.74 Å². The van der Waals surface area contributed by atoms with Crippen molar-refractivity contribution in [3.05, 3.63) is 24.8 Å². The lowest BCUT2D eigenvalue weighted by Gasteiger charge is -2.38. The maximum Gasteiger partial charge on any atom is 0.407 e. The normalized spacial score (nSPS) is 22.9. The topological polar surface area (TPSA) is 96.0 Å². The molecule has 4 heterocycles. The van der Waals surface area contributed by atoms with Gasteiger partial charge in [-0.2, -0.15) is 0 Å². The molecule has 0 aromatic carbocycles. The van der Waals surface area contributed by atoms with Crippen LogP contribution in [0.25, 0.3) is 21.9 Å². The summed E-state index contributed by atoms with van der Waals surface area (Å²) in [5.41, 5.74) is 1.63. The number of pyridine rings is 1. The lowest BCUT2D eigenvalue weighted by Crippen LogP contribution is -2.47. The van der Waals surface area contributed by atoms with Crippen molar-refractivity contribution in [3.63, 3.8) is 0 Å². The molecule has 27 heavy (non-hydrogen) atoms. The van der Waals surface area contributed by atoms with Crippen LogP contribution in [0.1, 0.15) is 32.6 Å². The van der Waals surface area contributed by atoms with Crippen molar-refractivity contribution < 1.29 is 9.53 Å². The van der Waals surface area contributed by atoms with E-state index < -0.39 is 0 Å². The molecule has 1 amide bonds. The molecule has 0 spiro atoms. The van der Waals surface area contributed by atoms with Crippen molar-refractivity contribution in [3.8, 4) is 0 Å². The molecular formula is C19H22N6O2.